The number of rotatable bonds is 8. The molecule has 0 bridgehead atoms. The largest absolute Gasteiger partial charge is 0.493 e. The molecule has 0 aliphatic carbocycles. The smallest absolute Gasteiger partial charge is 0.161 e. The van der Waals surface area contributed by atoms with Gasteiger partial charge in [0.1, 0.15) is 0 Å². The standard InChI is InChI=1S/C29H39N3O5/c1-6-18-17-31-9-7-19-13-26(34-2)28(36-4)15-22(19)24(31)11-21(18)12-25-23-16-29(37-5)27(35-3)14-20(23)8-10-32(25)30-33/h13-16,18,21,24-25H,6-12,17H2,1-5H3/t18-,21+,24-,25+/m0/s1. The number of methoxy groups -OCH3 is 4. The molecule has 1 fully saturated rings. The van der Waals surface area contributed by atoms with Crippen LogP contribution < -0.4 is 18.9 Å². The molecule has 3 heterocycles. The molecular weight excluding hydrogens is 470 g/mol. The van der Waals surface area contributed by atoms with Crippen molar-refractivity contribution in [3.8, 4) is 23.0 Å². The quantitative estimate of drug-likeness (QED) is 0.445. The van der Waals surface area contributed by atoms with E-state index in [1.165, 1.54) is 16.7 Å². The molecule has 0 radical (unpaired) electrons. The van der Waals surface area contributed by atoms with Gasteiger partial charge in [0.05, 0.1) is 39.8 Å². The van der Waals surface area contributed by atoms with Crippen molar-refractivity contribution in [2.75, 3.05) is 48.1 Å². The number of benzene rings is 2. The molecule has 0 unspecified atom stereocenters. The van der Waals surface area contributed by atoms with Gasteiger partial charge in [-0.1, -0.05) is 13.3 Å². The first-order chi connectivity index (χ1) is 18.0. The molecule has 37 heavy (non-hydrogen) atoms. The van der Waals surface area contributed by atoms with E-state index in [1.807, 2.05) is 0 Å². The van der Waals surface area contributed by atoms with Gasteiger partial charge in [0.15, 0.2) is 23.0 Å². The lowest BCUT2D eigenvalue weighted by Crippen LogP contribution is -2.46. The van der Waals surface area contributed by atoms with Gasteiger partial charge in [-0.05, 0) is 84.0 Å². The van der Waals surface area contributed by atoms with Crippen LogP contribution in [-0.4, -0.2) is 58.0 Å². The summed E-state index contributed by atoms with van der Waals surface area (Å²) >= 11 is 0. The summed E-state index contributed by atoms with van der Waals surface area (Å²) < 4.78 is 22.4. The lowest BCUT2D eigenvalue weighted by atomic mass is 9.72. The highest BCUT2D eigenvalue weighted by Gasteiger charge is 2.41. The fraction of sp³-hybridized carbons (Fsp3) is 0.586. The van der Waals surface area contributed by atoms with Gasteiger partial charge in [-0.15, -0.1) is 4.91 Å². The Morgan fingerprint density at radius 2 is 1.38 bits per heavy atom. The van der Waals surface area contributed by atoms with Crippen molar-refractivity contribution in [1.82, 2.24) is 9.91 Å². The Hall–Kier alpha value is -3.00. The molecular formula is C29H39N3O5. The van der Waals surface area contributed by atoms with E-state index in [1.54, 1.807) is 33.4 Å². The number of fused-ring (bicyclic) bond motifs is 4. The zero-order valence-corrected chi connectivity index (χ0v) is 22.7. The van der Waals surface area contributed by atoms with Gasteiger partial charge in [0.2, 0.25) is 0 Å². The number of hydrogen-bond donors (Lipinski definition) is 0. The Labute approximate surface area is 219 Å². The maximum Gasteiger partial charge on any atom is 0.161 e. The van der Waals surface area contributed by atoms with Crippen LogP contribution in [0.15, 0.2) is 29.6 Å². The maximum absolute atomic E-state index is 12.0. The second kappa shape index (κ2) is 10.8. The number of hydrogen-bond acceptors (Lipinski definition) is 7. The average Bonchev–Trinajstić information content (AvgIpc) is 2.95. The third kappa shape index (κ3) is 4.60. The van der Waals surface area contributed by atoms with Crippen molar-refractivity contribution in [2.24, 2.45) is 17.1 Å². The van der Waals surface area contributed by atoms with E-state index in [4.69, 9.17) is 18.9 Å². The van der Waals surface area contributed by atoms with E-state index in [0.717, 1.165) is 68.0 Å². The second-order valence-corrected chi connectivity index (χ2v) is 10.5. The van der Waals surface area contributed by atoms with Gasteiger partial charge >= 0.3 is 0 Å². The zero-order valence-electron chi connectivity index (χ0n) is 22.7. The first-order valence-corrected chi connectivity index (χ1v) is 13.4. The zero-order chi connectivity index (χ0) is 26.1. The number of nitroso groups, excluding NO2 is 1. The summed E-state index contributed by atoms with van der Waals surface area (Å²) in [5.74, 6) is 4.04. The molecule has 1 saturated heterocycles. The summed E-state index contributed by atoms with van der Waals surface area (Å²) in [6, 6.07) is 8.73. The molecule has 0 N–H and O–H groups in total. The van der Waals surface area contributed by atoms with Crippen LogP contribution in [0.25, 0.3) is 0 Å². The summed E-state index contributed by atoms with van der Waals surface area (Å²) in [5.41, 5.74) is 5.05. The second-order valence-electron chi connectivity index (χ2n) is 10.5. The molecule has 8 heteroatoms. The number of ether oxygens (including phenoxy) is 4. The summed E-state index contributed by atoms with van der Waals surface area (Å²) in [6.45, 7) is 5.04. The van der Waals surface area contributed by atoms with E-state index < -0.39 is 0 Å². The predicted molar refractivity (Wildman–Crippen MR) is 143 cm³/mol. The maximum atomic E-state index is 12.0. The Morgan fingerprint density at radius 3 is 1.97 bits per heavy atom. The van der Waals surface area contributed by atoms with Crippen molar-refractivity contribution >= 4 is 0 Å². The SMILES string of the molecule is CC[C@H]1CN2CCc3cc(OC)c(OC)cc3[C@@H]2C[C@@H]1C[C@@H]1c2cc(OC)c(OC)cc2CCN1N=O. The van der Waals surface area contributed by atoms with Gasteiger partial charge in [-0.3, -0.25) is 9.91 Å². The topological polar surface area (TPSA) is 72.8 Å². The minimum Gasteiger partial charge on any atom is -0.493 e. The van der Waals surface area contributed by atoms with Crippen molar-refractivity contribution < 1.29 is 18.9 Å². The van der Waals surface area contributed by atoms with Gasteiger partial charge in [-0.25, -0.2) is 0 Å². The molecule has 2 aromatic carbocycles. The number of piperidine rings is 1. The first kappa shape index (κ1) is 25.6. The molecule has 200 valence electrons. The lowest BCUT2D eigenvalue weighted by Gasteiger charge is -2.48. The fourth-order valence-electron chi connectivity index (χ4n) is 6.90. The van der Waals surface area contributed by atoms with Crippen molar-refractivity contribution in [3.63, 3.8) is 0 Å². The third-order valence-electron chi connectivity index (χ3n) is 8.90. The van der Waals surface area contributed by atoms with Crippen LogP contribution in [0.1, 0.15) is 60.5 Å². The van der Waals surface area contributed by atoms with Crippen LogP contribution in [0.3, 0.4) is 0 Å². The van der Waals surface area contributed by atoms with Crippen LogP contribution >= 0.6 is 0 Å². The highest BCUT2D eigenvalue weighted by atomic mass is 16.5. The molecule has 0 amide bonds. The Balaban J connectivity index is 1.48. The third-order valence-corrected chi connectivity index (χ3v) is 8.90. The van der Waals surface area contributed by atoms with Gasteiger partial charge in [-0.2, -0.15) is 0 Å². The van der Waals surface area contributed by atoms with Crippen molar-refractivity contribution in [3.05, 3.63) is 51.4 Å². The van der Waals surface area contributed by atoms with Crippen LogP contribution in [0, 0.1) is 16.7 Å². The first-order valence-electron chi connectivity index (χ1n) is 13.4. The summed E-state index contributed by atoms with van der Waals surface area (Å²) in [6.07, 6.45) is 4.85. The highest BCUT2D eigenvalue weighted by molar-refractivity contribution is 5.50. The molecule has 3 aliphatic rings. The Bertz CT molecular complexity index is 1140. The molecule has 4 atom stereocenters. The van der Waals surface area contributed by atoms with Crippen LogP contribution in [0.4, 0.5) is 0 Å². The number of nitrogens with zero attached hydrogens (tertiary/aromatic N) is 3. The lowest BCUT2D eigenvalue weighted by molar-refractivity contribution is 0.0308. The minimum absolute atomic E-state index is 0.0693. The van der Waals surface area contributed by atoms with E-state index >= 15 is 0 Å². The Kier molecular flexibility index (Phi) is 7.47. The molecule has 3 aliphatic heterocycles. The summed E-state index contributed by atoms with van der Waals surface area (Å²) in [5, 5.41) is 5.22. The fourth-order valence-corrected chi connectivity index (χ4v) is 6.90. The van der Waals surface area contributed by atoms with E-state index in [0.29, 0.717) is 30.2 Å². The van der Waals surface area contributed by atoms with E-state index in [-0.39, 0.29) is 6.04 Å². The van der Waals surface area contributed by atoms with Gasteiger partial charge in [0, 0.05) is 25.7 Å². The van der Waals surface area contributed by atoms with Gasteiger partial charge < -0.3 is 18.9 Å². The molecule has 0 spiro atoms. The molecule has 5 rings (SSSR count). The predicted octanol–water partition coefficient (Wildman–Crippen LogP) is 5.34. The van der Waals surface area contributed by atoms with Crippen LogP contribution in [-0.2, 0) is 12.8 Å². The molecule has 0 saturated carbocycles. The van der Waals surface area contributed by atoms with E-state index in [2.05, 4.69) is 41.4 Å². The minimum atomic E-state index is -0.0693. The van der Waals surface area contributed by atoms with E-state index in [9.17, 15) is 4.91 Å². The summed E-state index contributed by atoms with van der Waals surface area (Å²) in [4.78, 5) is 14.6. The van der Waals surface area contributed by atoms with Crippen molar-refractivity contribution in [1.29, 1.82) is 0 Å². The van der Waals surface area contributed by atoms with Crippen LogP contribution in [0.5, 0.6) is 23.0 Å². The molecule has 8 nitrogen and oxygen atoms in total. The molecule has 0 aromatic heterocycles. The van der Waals surface area contributed by atoms with Gasteiger partial charge in [0.25, 0.3) is 0 Å². The Morgan fingerprint density at radius 1 is 0.811 bits per heavy atom. The van der Waals surface area contributed by atoms with Crippen LogP contribution in [0.2, 0.25) is 0 Å². The molecule has 2 aromatic rings. The summed E-state index contributed by atoms with van der Waals surface area (Å²) in [7, 11) is 6.72. The van der Waals surface area contributed by atoms with Crippen molar-refractivity contribution in [2.45, 2.75) is 51.1 Å². The monoisotopic (exact) mass is 509 g/mol. The highest BCUT2D eigenvalue weighted by Crippen LogP contribution is 2.49. The average molecular weight is 510 g/mol. The normalized spacial score (nSPS) is 24.9.